The Morgan fingerprint density at radius 2 is 2.06 bits per heavy atom. The number of ether oxygens (including phenoxy) is 1. The van der Waals surface area contributed by atoms with E-state index in [0.717, 1.165) is 6.42 Å². The topological polar surface area (TPSA) is 55.5 Å². The Labute approximate surface area is 114 Å². The summed E-state index contributed by atoms with van der Waals surface area (Å²) >= 11 is 0. The maximum atomic E-state index is 13.9. The highest BCUT2D eigenvalue weighted by atomic mass is 35.5. The van der Waals surface area contributed by atoms with Crippen LogP contribution in [0.2, 0.25) is 0 Å². The van der Waals surface area contributed by atoms with E-state index >= 15 is 0 Å². The monoisotopic (exact) mass is 277 g/mol. The standard InChI is InChI=1S/C13H20FNO2.ClH/c1-4-8(2)13(16)12(15)9-6-5-7-10(17-3)11(9)14;/h5-8,12-13,16H,4,15H2,1-3H3;1H/t8?,12-,13+;/m1./s1. The van der Waals surface area contributed by atoms with E-state index in [1.165, 1.54) is 13.2 Å². The molecule has 0 amide bonds. The molecule has 0 saturated carbocycles. The van der Waals surface area contributed by atoms with Crippen LogP contribution < -0.4 is 10.5 Å². The van der Waals surface area contributed by atoms with Gasteiger partial charge in [0.2, 0.25) is 0 Å². The number of hydrogen-bond donors (Lipinski definition) is 2. The van der Waals surface area contributed by atoms with E-state index in [4.69, 9.17) is 10.5 Å². The predicted octanol–water partition coefficient (Wildman–Crippen LogP) is 2.66. The van der Waals surface area contributed by atoms with Crippen LogP contribution in [0.3, 0.4) is 0 Å². The van der Waals surface area contributed by atoms with E-state index in [-0.39, 0.29) is 29.6 Å². The van der Waals surface area contributed by atoms with Crippen LogP contribution >= 0.6 is 12.4 Å². The second-order valence-electron chi connectivity index (χ2n) is 4.27. The number of nitrogens with two attached hydrogens (primary N) is 1. The Hall–Kier alpha value is -0.840. The molecule has 0 bridgehead atoms. The molecule has 1 aromatic rings. The van der Waals surface area contributed by atoms with Gasteiger partial charge in [0.25, 0.3) is 0 Å². The second kappa shape index (κ2) is 7.56. The van der Waals surface area contributed by atoms with E-state index in [1.54, 1.807) is 12.1 Å². The van der Waals surface area contributed by atoms with Crippen molar-refractivity contribution in [2.45, 2.75) is 32.4 Å². The maximum Gasteiger partial charge on any atom is 0.169 e. The third-order valence-electron chi connectivity index (χ3n) is 3.17. The summed E-state index contributed by atoms with van der Waals surface area (Å²) in [5.41, 5.74) is 6.18. The number of hydrogen-bond acceptors (Lipinski definition) is 3. The first-order chi connectivity index (χ1) is 8.02. The molecular weight excluding hydrogens is 257 g/mol. The van der Waals surface area contributed by atoms with Gasteiger partial charge in [0.1, 0.15) is 0 Å². The highest BCUT2D eigenvalue weighted by Gasteiger charge is 2.25. The van der Waals surface area contributed by atoms with Gasteiger partial charge in [-0.15, -0.1) is 12.4 Å². The molecule has 5 heteroatoms. The lowest BCUT2D eigenvalue weighted by molar-refractivity contribution is 0.0866. The molecule has 104 valence electrons. The molecule has 0 spiro atoms. The van der Waals surface area contributed by atoms with E-state index < -0.39 is 18.0 Å². The van der Waals surface area contributed by atoms with Crippen LogP contribution in [0.4, 0.5) is 4.39 Å². The molecule has 1 aromatic carbocycles. The molecule has 18 heavy (non-hydrogen) atoms. The lowest BCUT2D eigenvalue weighted by Gasteiger charge is -2.24. The summed E-state index contributed by atoms with van der Waals surface area (Å²) in [6.45, 7) is 3.85. The van der Waals surface area contributed by atoms with Crippen LogP contribution in [0.15, 0.2) is 18.2 Å². The first-order valence-corrected chi connectivity index (χ1v) is 5.78. The number of halogens is 2. The van der Waals surface area contributed by atoms with Crippen molar-refractivity contribution >= 4 is 12.4 Å². The smallest absolute Gasteiger partial charge is 0.169 e. The van der Waals surface area contributed by atoms with Gasteiger partial charge in [-0.1, -0.05) is 32.4 Å². The number of rotatable bonds is 5. The first kappa shape index (κ1) is 17.2. The fraction of sp³-hybridized carbons (Fsp3) is 0.538. The predicted molar refractivity (Wildman–Crippen MR) is 72.6 cm³/mol. The van der Waals surface area contributed by atoms with E-state index in [2.05, 4.69) is 0 Å². The molecule has 0 fully saturated rings. The lowest BCUT2D eigenvalue weighted by Crippen LogP contribution is -2.32. The zero-order valence-electron chi connectivity index (χ0n) is 10.9. The van der Waals surface area contributed by atoms with Crippen molar-refractivity contribution in [3.05, 3.63) is 29.6 Å². The SMILES string of the molecule is CCC(C)[C@H](O)[C@H](N)c1cccc(OC)c1F.Cl. The normalized spacial score (nSPS) is 15.4. The van der Waals surface area contributed by atoms with Crippen molar-refractivity contribution < 1.29 is 14.2 Å². The highest BCUT2D eigenvalue weighted by molar-refractivity contribution is 5.85. The molecule has 1 unspecified atom stereocenters. The van der Waals surface area contributed by atoms with Gasteiger partial charge in [-0.25, -0.2) is 4.39 Å². The van der Waals surface area contributed by atoms with Crippen LogP contribution in [-0.2, 0) is 0 Å². The maximum absolute atomic E-state index is 13.9. The summed E-state index contributed by atoms with van der Waals surface area (Å²) in [6.07, 6.45) is 0.0297. The van der Waals surface area contributed by atoms with Crippen molar-refractivity contribution in [3.8, 4) is 5.75 Å². The van der Waals surface area contributed by atoms with E-state index in [0.29, 0.717) is 0 Å². The summed E-state index contributed by atoms with van der Waals surface area (Å²) in [4.78, 5) is 0. The van der Waals surface area contributed by atoms with Gasteiger partial charge < -0.3 is 15.6 Å². The van der Waals surface area contributed by atoms with Crippen LogP contribution in [0, 0.1) is 11.7 Å². The lowest BCUT2D eigenvalue weighted by atomic mass is 9.91. The van der Waals surface area contributed by atoms with Crippen molar-refractivity contribution in [2.24, 2.45) is 11.7 Å². The van der Waals surface area contributed by atoms with Gasteiger partial charge in [0.15, 0.2) is 11.6 Å². The Morgan fingerprint density at radius 3 is 2.56 bits per heavy atom. The molecule has 0 aliphatic carbocycles. The number of aliphatic hydroxyl groups is 1. The Kier molecular flexibility index (Phi) is 7.21. The number of benzene rings is 1. The third kappa shape index (κ3) is 3.57. The van der Waals surface area contributed by atoms with Gasteiger partial charge >= 0.3 is 0 Å². The van der Waals surface area contributed by atoms with Gasteiger partial charge in [0.05, 0.1) is 19.3 Å². The first-order valence-electron chi connectivity index (χ1n) is 5.78. The van der Waals surface area contributed by atoms with E-state index in [9.17, 15) is 9.50 Å². The minimum atomic E-state index is -0.762. The summed E-state index contributed by atoms with van der Waals surface area (Å²) in [6, 6.07) is 4.04. The number of aliphatic hydroxyl groups excluding tert-OH is 1. The summed E-state index contributed by atoms with van der Waals surface area (Å²) in [7, 11) is 1.40. The van der Waals surface area contributed by atoms with Gasteiger partial charge in [-0.3, -0.25) is 0 Å². The Morgan fingerprint density at radius 1 is 1.44 bits per heavy atom. The Balaban J connectivity index is 0.00000289. The van der Waals surface area contributed by atoms with Crippen molar-refractivity contribution in [1.29, 1.82) is 0 Å². The average molecular weight is 278 g/mol. The minimum Gasteiger partial charge on any atom is -0.494 e. The van der Waals surface area contributed by atoms with Crippen molar-refractivity contribution in [2.75, 3.05) is 7.11 Å². The highest BCUT2D eigenvalue weighted by Crippen LogP contribution is 2.28. The van der Waals surface area contributed by atoms with E-state index in [1.807, 2.05) is 13.8 Å². The minimum absolute atomic E-state index is 0. The quantitative estimate of drug-likeness (QED) is 0.870. The molecule has 0 aromatic heterocycles. The molecule has 3 nitrogen and oxygen atoms in total. The molecule has 0 aliphatic heterocycles. The third-order valence-corrected chi connectivity index (χ3v) is 3.17. The summed E-state index contributed by atoms with van der Waals surface area (Å²) in [5.74, 6) is -0.324. The molecule has 0 radical (unpaired) electrons. The van der Waals surface area contributed by atoms with Gasteiger partial charge in [-0.05, 0) is 12.0 Å². The van der Waals surface area contributed by atoms with Crippen LogP contribution in [0.25, 0.3) is 0 Å². The zero-order chi connectivity index (χ0) is 13.0. The fourth-order valence-electron chi connectivity index (χ4n) is 1.72. The van der Waals surface area contributed by atoms with Crippen LogP contribution in [-0.4, -0.2) is 18.3 Å². The second-order valence-corrected chi connectivity index (χ2v) is 4.27. The summed E-state index contributed by atoms with van der Waals surface area (Å²) < 4.78 is 18.8. The van der Waals surface area contributed by atoms with Crippen LogP contribution in [0.5, 0.6) is 5.75 Å². The average Bonchev–Trinajstić information content (AvgIpc) is 2.36. The van der Waals surface area contributed by atoms with Gasteiger partial charge in [0, 0.05) is 5.56 Å². The molecule has 0 aliphatic rings. The number of methoxy groups -OCH3 is 1. The van der Waals surface area contributed by atoms with Crippen molar-refractivity contribution in [3.63, 3.8) is 0 Å². The van der Waals surface area contributed by atoms with Crippen molar-refractivity contribution in [1.82, 2.24) is 0 Å². The molecule has 0 heterocycles. The van der Waals surface area contributed by atoms with Gasteiger partial charge in [-0.2, -0.15) is 0 Å². The largest absolute Gasteiger partial charge is 0.494 e. The summed E-state index contributed by atoms with van der Waals surface area (Å²) in [5, 5.41) is 10.00. The molecule has 3 N–H and O–H groups in total. The molecule has 3 atom stereocenters. The molecule has 1 rings (SSSR count). The molecular formula is C13H21ClFNO2. The molecule has 0 saturated heterocycles. The van der Waals surface area contributed by atoms with Crippen LogP contribution in [0.1, 0.15) is 31.9 Å². The zero-order valence-corrected chi connectivity index (χ0v) is 11.7. The Bertz CT molecular complexity index is 376. The fourth-order valence-corrected chi connectivity index (χ4v) is 1.72.